The average molecular weight is 152 g/mol. The Kier molecular flexibility index (Phi) is 2.19. The van der Waals surface area contributed by atoms with Crippen molar-refractivity contribution in [1.29, 1.82) is 0 Å². The third kappa shape index (κ3) is 1.74. The van der Waals surface area contributed by atoms with E-state index >= 15 is 0 Å². The number of hydrogen-bond donors (Lipinski definition) is 1. The van der Waals surface area contributed by atoms with Crippen LogP contribution in [0.15, 0.2) is 18.7 Å². The maximum Gasteiger partial charge on any atom is 0.115 e. The second-order valence-electron chi connectivity index (χ2n) is 2.75. The van der Waals surface area contributed by atoms with E-state index in [0.29, 0.717) is 6.42 Å². The van der Waals surface area contributed by atoms with E-state index in [4.69, 9.17) is 0 Å². The zero-order valence-corrected chi connectivity index (χ0v) is 6.78. The molecule has 0 amide bonds. The predicted molar refractivity (Wildman–Crippen MR) is 41.9 cm³/mol. The number of aliphatic hydroxyl groups is 1. The first-order valence-electron chi connectivity index (χ1n) is 3.64. The summed E-state index contributed by atoms with van der Waals surface area (Å²) in [7, 11) is 0. The lowest BCUT2D eigenvalue weighted by molar-refractivity contribution is 0.0523. The molecule has 0 bridgehead atoms. The van der Waals surface area contributed by atoms with E-state index in [2.05, 4.69) is 9.97 Å². The van der Waals surface area contributed by atoms with Gasteiger partial charge in [-0.05, 0) is 13.3 Å². The van der Waals surface area contributed by atoms with Crippen LogP contribution in [-0.4, -0.2) is 15.1 Å². The SMILES string of the molecule is CCC(C)(O)c1cncnc1. The van der Waals surface area contributed by atoms with Crippen LogP contribution in [0, 0.1) is 0 Å². The molecule has 0 aromatic carbocycles. The summed E-state index contributed by atoms with van der Waals surface area (Å²) in [5.41, 5.74) is -0.0242. The van der Waals surface area contributed by atoms with Gasteiger partial charge in [-0.1, -0.05) is 6.92 Å². The molecule has 1 heterocycles. The van der Waals surface area contributed by atoms with Gasteiger partial charge in [-0.3, -0.25) is 0 Å². The highest BCUT2D eigenvalue weighted by molar-refractivity contribution is 5.11. The van der Waals surface area contributed by atoms with Gasteiger partial charge in [0.25, 0.3) is 0 Å². The molecule has 60 valence electrons. The van der Waals surface area contributed by atoms with Crippen LogP contribution >= 0.6 is 0 Å². The third-order valence-corrected chi connectivity index (χ3v) is 1.87. The van der Waals surface area contributed by atoms with Gasteiger partial charge in [-0.2, -0.15) is 0 Å². The highest BCUT2D eigenvalue weighted by Crippen LogP contribution is 2.21. The van der Waals surface area contributed by atoms with Crippen molar-refractivity contribution in [3.05, 3.63) is 24.3 Å². The summed E-state index contributed by atoms with van der Waals surface area (Å²) in [5.74, 6) is 0. The Hall–Kier alpha value is -0.960. The molecule has 0 radical (unpaired) electrons. The van der Waals surface area contributed by atoms with Gasteiger partial charge in [-0.25, -0.2) is 9.97 Å². The van der Waals surface area contributed by atoms with Crippen molar-refractivity contribution in [3.8, 4) is 0 Å². The number of aromatic nitrogens is 2. The van der Waals surface area contributed by atoms with E-state index in [1.807, 2.05) is 6.92 Å². The minimum Gasteiger partial charge on any atom is -0.385 e. The standard InChI is InChI=1S/C8H12N2O/c1-3-8(2,11)7-4-9-6-10-5-7/h4-6,11H,3H2,1-2H3. The lowest BCUT2D eigenvalue weighted by atomic mass is 9.96. The number of nitrogens with zero attached hydrogens (tertiary/aromatic N) is 2. The van der Waals surface area contributed by atoms with Gasteiger partial charge in [-0.15, -0.1) is 0 Å². The van der Waals surface area contributed by atoms with Gasteiger partial charge >= 0.3 is 0 Å². The van der Waals surface area contributed by atoms with Crippen molar-refractivity contribution in [2.75, 3.05) is 0 Å². The Morgan fingerprint density at radius 2 is 2.00 bits per heavy atom. The molecule has 0 saturated heterocycles. The van der Waals surface area contributed by atoms with Crippen LogP contribution in [0.1, 0.15) is 25.8 Å². The van der Waals surface area contributed by atoms with Crippen molar-refractivity contribution < 1.29 is 5.11 Å². The Balaban J connectivity index is 2.93. The van der Waals surface area contributed by atoms with E-state index in [9.17, 15) is 5.11 Å². The summed E-state index contributed by atoms with van der Waals surface area (Å²) >= 11 is 0. The highest BCUT2D eigenvalue weighted by atomic mass is 16.3. The molecule has 1 N–H and O–H groups in total. The Bertz CT molecular complexity index is 221. The van der Waals surface area contributed by atoms with Crippen LogP contribution in [0.2, 0.25) is 0 Å². The van der Waals surface area contributed by atoms with Crippen LogP contribution < -0.4 is 0 Å². The van der Waals surface area contributed by atoms with Gasteiger partial charge in [0.05, 0.1) is 5.60 Å². The van der Waals surface area contributed by atoms with Gasteiger partial charge in [0.15, 0.2) is 0 Å². The van der Waals surface area contributed by atoms with Crippen LogP contribution in [0.25, 0.3) is 0 Å². The molecule has 1 aromatic rings. The molecule has 1 rings (SSSR count). The van der Waals surface area contributed by atoms with E-state index in [1.54, 1.807) is 19.3 Å². The van der Waals surface area contributed by atoms with Crippen molar-refractivity contribution >= 4 is 0 Å². The van der Waals surface area contributed by atoms with Crippen molar-refractivity contribution in [2.24, 2.45) is 0 Å². The molecule has 3 heteroatoms. The highest BCUT2D eigenvalue weighted by Gasteiger charge is 2.20. The summed E-state index contributed by atoms with van der Waals surface area (Å²) in [6.45, 7) is 3.68. The van der Waals surface area contributed by atoms with Crippen molar-refractivity contribution in [3.63, 3.8) is 0 Å². The number of rotatable bonds is 2. The van der Waals surface area contributed by atoms with Gasteiger partial charge < -0.3 is 5.11 Å². The van der Waals surface area contributed by atoms with Gasteiger partial charge in [0.2, 0.25) is 0 Å². The first-order valence-corrected chi connectivity index (χ1v) is 3.64. The molecule has 1 atom stereocenters. The molecular formula is C8H12N2O. The topological polar surface area (TPSA) is 46.0 Å². The molecule has 0 fully saturated rings. The molecule has 0 aliphatic carbocycles. The fourth-order valence-electron chi connectivity index (χ4n) is 0.781. The molecule has 1 unspecified atom stereocenters. The lowest BCUT2D eigenvalue weighted by Gasteiger charge is -2.20. The second kappa shape index (κ2) is 2.96. The van der Waals surface area contributed by atoms with Crippen LogP contribution in [0.5, 0.6) is 0 Å². The first kappa shape index (κ1) is 8.14. The van der Waals surface area contributed by atoms with Gasteiger partial charge in [0, 0.05) is 18.0 Å². The molecular weight excluding hydrogens is 140 g/mol. The summed E-state index contributed by atoms with van der Waals surface area (Å²) < 4.78 is 0. The van der Waals surface area contributed by atoms with E-state index in [0.717, 1.165) is 5.56 Å². The fraction of sp³-hybridized carbons (Fsp3) is 0.500. The van der Waals surface area contributed by atoms with Crippen LogP contribution in [-0.2, 0) is 5.60 Å². The van der Waals surface area contributed by atoms with Crippen molar-refractivity contribution in [2.45, 2.75) is 25.9 Å². The largest absolute Gasteiger partial charge is 0.385 e. The summed E-state index contributed by atoms with van der Waals surface area (Å²) in [6, 6.07) is 0. The van der Waals surface area contributed by atoms with E-state index < -0.39 is 5.60 Å². The Morgan fingerprint density at radius 1 is 1.45 bits per heavy atom. The average Bonchev–Trinajstić information content (AvgIpc) is 2.06. The van der Waals surface area contributed by atoms with Gasteiger partial charge in [0.1, 0.15) is 6.33 Å². The molecule has 0 aliphatic heterocycles. The molecule has 1 aromatic heterocycles. The lowest BCUT2D eigenvalue weighted by Crippen LogP contribution is -2.19. The summed E-state index contributed by atoms with van der Waals surface area (Å²) in [6.07, 6.45) is 5.39. The Morgan fingerprint density at radius 3 is 2.45 bits per heavy atom. The third-order valence-electron chi connectivity index (χ3n) is 1.87. The van der Waals surface area contributed by atoms with E-state index in [-0.39, 0.29) is 0 Å². The molecule has 0 aliphatic rings. The minimum atomic E-state index is -0.790. The minimum absolute atomic E-state index is 0.667. The molecule has 3 nitrogen and oxygen atoms in total. The zero-order valence-electron chi connectivity index (χ0n) is 6.78. The summed E-state index contributed by atoms with van der Waals surface area (Å²) in [5, 5.41) is 9.71. The zero-order chi connectivity index (χ0) is 8.32. The smallest absolute Gasteiger partial charge is 0.115 e. The predicted octanol–water partition coefficient (Wildman–Crippen LogP) is 1.09. The van der Waals surface area contributed by atoms with Crippen LogP contribution in [0.4, 0.5) is 0 Å². The molecule has 11 heavy (non-hydrogen) atoms. The normalized spacial score (nSPS) is 15.9. The fourth-order valence-corrected chi connectivity index (χ4v) is 0.781. The molecule has 0 spiro atoms. The van der Waals surface area contributed by atoms with E-state index in [1.165, 1.54) is 6.33 Å². The quantitative estimate of drug-likeness (QED) is 0.690. The second-order valence-corrected chi connectivity index (χ2v) is 2.75. The first-order chi connectivity index (χ1) is 5.17. The monoisotopic (exact) mass is 152 g/mol. The Labute approximate surface area is 66.1 Å². The summed E-state index contributed by atoms with van der Waals surface area (Å²) in [4.78, 5) is 7.66. The number of hydrogen-bond acceptors (Lipinski definition) is 3. The maximum absolute atomic E-state index is 9.71. The van der Waals surface area contributed by atoms with Crippen LogP contribution in [0.3, 0.4) is 0 Å². The maximum atomic E-state index is 9.71. The molecule has 0 saturated carbocycles. The van der Waals surface area contributed by atoms with Crippen molar-refractivity contribution in [1.82, 2.24) is 9.97 Å².